The van der Waals surface area contributed by atoms with E-state index in [9.17, 15) is 29.0 Å². The number of halogens is 1. The number of nitrogens with one attached hydrogen (secondary N) is 2. The summed E-state index contributed by atoms with van der Waals surface area (Å²) in [5.74, 6) is -2.36. The van der Waals surface area contributed by atoms with Gasteiger partial charge in [0.05, 0.1) is 12.1 Å². The number of primary amides is 1. The Labute approximate surface area is 148 Å². The van der Waals surface area contributed by atoms with Gasteiger partial charge in [-0.05, 0) is 18.2 Å². The van der Waals surface area contributed by atoms with Gasteiger partial charge in [0.25, 0.3) is 5.91 Å². The van der Waals surface area contributed by atoms with E-state index >= 15 is 0 Å². The smallest absolute Gasteiger partial charge is 0.251 e. The normalized spacial score (nSPS) is 22.3. The molecule has 2 rings (SSSR count). The zero-order chi connectivity index (χ0) is 19.3. The molecule has 3 unspecified atom stereocenters. The summed E-state index contributed by atoms with van der Waals surface area (Å²) in [6.07, 6.45) is -1.42. The van der Waals surface area contributed by atoms with Crippen LogP contribution >= 0.6 is 0 Å². The molecule has 1 aromatic rings. The van der Waals surface area contributed by atoms with Crippen LogP contribution in [0.4, 0.5) is 4.39 Å². The fourth-order valence-corrected chi connectivity index (χ4v) is 2.54. The summed E-state index contributed by atoms with van der Waals surface area (Å²) in [4.78, 5) is 35.0. The van der Waals surface area contributed by atoms with Gasteiger partial charge in [0, 0.05) is 30.5 Å². The second-order valence-electron chi connectivity index (χ2n) is 5.94. The second-order valence-corrected chi connectivity index (χ2v) is 5.94. The maximum Gasteiger partial charge on any atom is 0.251 e. The zero-order valence-electron chi connectivity index (χ0n) is 13.8. The van der Waals surface area contributed by atoms with Crippen LogP contribution in [-0.4, -0.2) is 52.7 Å². The predicted octanol–water partition coefficient (Wildman–Crippen LogP) is -1.03. The van der Waals surface area contributed by atoms with Gasteiger partial charge in [-0.25, -0.2) is 4.39 Å². The molecule has 0 aliphatic heterocycles. The summed E-state index contributed by atoms with van der Waals surface area (Å²) < 4.78 is 13.2. The second kappa shape index (κ2) is 8.54. The Morgan fingerprint density at radius 3 is 2.62 bits per heavy atom. The number of carbonyl (C=O) groups excluding carboxylic acids is 3. The van der Waals surface area contributed by atoms with E-state index in [2.05, 4.69) is 10.6 Å². The molecular formula is C17H20FN3O5. The van der Waals surface area contributed by atoms with Crippen molar-refractivity contribution in [1.29, 1.82) is 0 Å². The van der Waals surface area contributed by atoms with Crippen LogP contribution < -0.4 is 16.4 Å². The molecule has 0 fully saturated rings. The number of benzene rings is 1. The molecule has 0 bridgehead atoms. The number of aliphatic hydroxyl groups is 2. The summed E-state index contributed by atoms with van der Waals surface area (Å²) in [7, 11) is 0. The van der Waals surface area contributed by atoms with Crippen molar-refractivity contribution in [2.24, 2.45) is 5.73 Å². The van der Waals surface area contributed by atoms with Crippen LogP contribution in [0.5, 0.6) is 0 Å². The molecule has 0 spiro atoms. The third-order valence-corrected chi connectivity index (χ3v) is 3.91. The van der Waals surface area contributed by atoms with E-state index in [1.807, 2.05) is 0 Å². The predicted molar refractivity (Wildman–Crippen MR) is 89.2 cm³/mol. The number of hydrogen-bond acceptors (Lipinski definition) is 5. The minimum atomic E-state index is -1.32. The van der Waals surface area contributed by atoms with Crippen molar-refractivity contribution in [2.45, 2.75) is 31.1 Å². The largest absolute Gasteiger partial charge is 0.390 e. The average Bonchev–Trinajstić information content (AvgIpc) is 2.58. The highest BCUT2D eigenvalue weighted by Crippen LogP contribution is 2.20. The first-order valence-corrected chi connectivity index (χ1v) is 7.97. The molecule has 3 amide bonds. The van der Waals surface area contributed by atoms with Crippen LogP contribution in [0.15, 0.2) is 35.9 Å². The zero-order valence-corrected chi connectivity index (χ0v) is 13.8. The van der Waals surface area contributed by atoms with Crippen LogP contribution in [0.1, 0.15) is 23.2 Å². The maximum absolute atomic E-state index is 13.2. The molecule has 0 radical (unpaired) electrons. The minimum Gasteiger partial charge on any atom is -0.390 e. The van der Waals surface area contributed by atoms with Gasteiger partial charge in [0.15, 0.2) is 0 Å². The molecular weight excluding hydrogens is 345 g/mol. The van der Waals surface area contributed by atoms with E-state index in [-0.39, 0.29) is 30.5 Å². The molecule has 0 saturated carbocycles. The highest BCUT2D eigenvalue weighted by Gasteiger charge is 2.33. The first-order chi connectivity index (χ1) is 12.3. The number of nitrogens with two attached hydrogens (primary N) is 1. The summed E-state index contributed by atoms with van der Waals surface area (Å²) in [5, 5.41) is 24.9. The molecule has 0 heterocycles. The van der Waals surface area contributed by atoms with E-state index in [0.29, 0.717) is 0 Å². The Balaban J connectivity index is 2.08. The Kier molecular flexibility index (Phi) is 6.42. The fourth-order valence-electron chi connectivity index (χ4n) is 2.54. The highest BCUT2D eigenvalue weighted by molar-refractivity contribution is 5.96. The average molecular weight is 365 g/mol. The van der Waals surface area contributed by atoms with Gasteiger partial charge < -0.3 is 26.6 Å². The molecule has 0 aromatic heterocycles. The van der Waals surface area contributed by atoms with E-state index in [4.69, 9.17) is 5.73 Å². The molecule has 140 valence electrons. The number of amides is 3. The molecule has 9 heteroatoms. The van der Waals surface area contributed by atoms with Gasteiger partial charge in [0.2, 0.25) is 11.8 Å². The van der Waals surface area contributed by atoms with Crippen molar-refractivity contribution < 1.29 is 29.0 Å². The van der Waals surface area contributed by atoms with Gasteiger partial charge in [-0.15, -0.1) is 0 Å². The van der Waals surface area contributed by atoms with Gasteiger partial charge in [-0.3, -0.25) is 14.4 Å². The van der Waals surface area contributed by atoms with E-state index in [1.54, 1.807) is 0 Å². The van der Waals surface area contributed by atoms with Crippen molar-refractivity contribution in [3.8, 4) is 0 Å². The van der Waals surface area contributed by atoms with E-state index < -0.39 is 41.8 Å². The lowest BCUT2D eigenvalue weighted by Crippen LogP contribution is -2.51. The van der Waals surface area contributed by atoms with Gasteiger partial charge in [-0.2, -0.15) is 0 Å². The summed E-state index contributed by atoms with van der Waals surface area (Å²) >= 11 is 0. The van der Waals surface area contributed by atoms with Crippen molar-refractivity contribution in [2.75, 3.05) is 6.54 Å². The topological polar surface area (TPSA) is 142 Å². The van der Waals surface area contributed by atoms with Crippen molar-refractivity contribution in [1.82, 2.24) is 10.6 Å². The van der Waals surface area contributed by atoms with Crippen LogP contribution in [0, 0.1) is 5.82 Å². The quantitative estimate of drug-likeness (QED) is 0.438. The number of hydrogen-bond donors (Lipinski definition) is 5. The van der Waals surface area contributed by atoms with Crippen molar-refractivity contribution >= 4 is 17.7 Å². The van der Waals surface area contributed by atoms with Crippen molar-refractivity contribution in [3.05, 3.63) is 47.3 Å². The summed E-state index contributed by atoms with van der Waals surface area (Å²) in [6, 6.07) is 3.94. The Morgan fingerprint density at radius 1 is 1.23 bits per heavy atom. The molecule has 8 nitrogen and oxygen atoms in total. The molecule has 0 saturated heterocycles. The lowest BCUT2D eigenvalue weighted by atomic mass is 9.90. The Bertz CT molecular complexity index is 737. The molecule has 1 aliphatic carbocycles. The lowest BCUT2D eigenvalue weighted by molar-refractivity contribution is -0.119. The number of rotatable bonds is 6. The van der Waals surface area contributed by atoms with Gasteiger partial charge in [0.1, 0.15) is 11.9 Å². The monoisotopic (exact) mass is 365 g/mol. The summed E-state index contributed by atoms with van der Waals surface area (Å²) in [5.41, 5.74) is 5.18. The minimum absolute atomic E-state index is 0.0322. The Hall–Kier alpha value is -2.78. The fraction of sp³-hybridized carbons (Fsp3) is 0.353. The van der Waals surface area contributed by atoms with Gasteiger partial charge >= 0.3 is 0 Å². The lowest BCUT2D eigenvalue weighted by Gasteiger charge is -2.31. The highest BCUT2D eigenvalue weighted by atomic mass is 19.1. The van der Waals surface area contributed by atoms with Gasteiger partial charge in [-0.1, -0.05) is 12.1 Å². The maximum atomic E-state index is 13.2. The first kappa shape index (κ1) is 19.5. The SMILES string of the molecule is NC(=O)CCNC(=O)C1=CC(NC(=O)c2cccc(F)c2)C(O)C(O)C1. The standard InChI is InChI=1S/C17H20FN3O5/c18-11-3-1-2-9(6-11)17(26)21-12-7-10(8-13(22)15(12)24)16(25)20-5-4-14(19)23/h1-3,6-7,12-13,15,22,24H,4-5,8H2,(H2,19,23)(H,20,25)(H,21,26). The molecule has 1 aliphatic rings. The third-order valence-electron chi connectivity index (χ3n) is 3.91. The van der Waals surface area contributed by atoms with Crippen molar-refractivity contribution in [3.63, 3.8) is 0 Å². The van der Waals surface area contributed by atoms with Crippen LogP contribution in [0.25, 0.3) is 0 Å². The molecule has 3 atom stereocenters. The molecule has 1 aromatic carbocycles. The van der Waals surface area contributed by atoms with Crippen LogP contribution in [0.2, 0.25) is 0 Å². The third kappa shape index (κ3) is 5.11. The first-order valence-electron chi connectivity index (χ1n) is 7.97. The van der Waals surface area contributed by atoms with Crippen LogP contribution in [-0.2, 0) is 9.59 Å². The summed E-state index contributed by atoms with van der Waals surface area (Å²) in [6.45, 7) is 0.0322. The number of carbonyl (C=O) groups is 3. The van der Waals surface area contributed by atoms with Crippen LogP contribution in [0.3, 0.4) is 0 Å². The molecule has 26 heavy (non-hydrogen) atoms. The van der Waals surface area contributed by atoms with E-state index in [1.165, 1.54) is 24.3 Å². The van der Waals surface area contributed by atoms with E-state index in [0.717, 1.165) is 6.07 Å². The molecule has 6 N–H and O–H groups in total. The number of aliphatic hydroxyl groups excluding tert-OH is 2. The Morgan fingerprint density at radius 2 is 1.96 bits per heavy atom.